The highest BCUT2D eigenvalue weighted by Gasteiger charge is 2.41. The van der Waals surface area contributed by atoms with Crippen molar-refractivity contribution in [3.8, 4) is 11.7 Å². The van der Waals surface area contributed by atoms with Crippen LogP contribution in [-0.4, -0.2) is 33.0 Å². The first-order valence-corrected chi connectivity index (χ1v) is 7.82. The van der Waals surface area contributed by atoms with Gasteiger partial charge >= 0.3 is 6.18 Å². The number of rotatable bonds is 4. The Morgan fingerprint density at radius 2 is 1.93 bits per heavy atom. The van der Waals surface area contributed by atoms with E-state index >= 15 is 0 Å². The summed E-state index contributed by atoms with van der Waals surface area (Å²) in [5.74, 6) is -1.84. The van der Waals surface area contributed by atoms with Gasteiger partial charge in [-0.05, 0) is 25.1 Å². The van der Waals surface area contributed by atoms with Crippen molar-refractivity contribution in [3.05, 3.63) is 59.2 Å². The number of halogens is 4. The quantitative estimate of drug-likeness (QED) is 0.685. The summed E-state index contributed by atoms with van der Waals surface area (Å²) in [6, 6.07) is 6.40. The SMILES string of the molecule is COc1ccc(-n2ncc(C(=O)Nc3cccc(F)c3C)c2C(F)(F)F)nn1. The Bertz CT molecular complexity index is 1020. The van der Waals surface area contributed by atoms with Crippen LogP contribution in [0.3, 0.4) is 0 Å². The molecule has 0 fully saturated rings. The third-order valence-corrected chi connectivity index (χ3v) is 3.85. The van der Waals surface area contributed by atoms with Crippen LogP contribution in [0.4, 0.5) is 23.2 Å². The molecule has 2 heterocycles. The van der Waals surface area contributed by atoms with Crippen molar-refractivity contribution in [2.45, 2.75) is 13.1 Å². The maximum absolute atomic E-state index is 13.6. The van der Waals surface area contributed by atoms with Gasteiger partial charge in [0.25, 0.3) is 5.91 Å². The van der Waals surface area contributed by atoms with Gasteiger partial charge in [0.15, 0.2) is 11.5 Å². The zero-order valence-corrected chi connectivity index (χ0v) is 14.6. The Morgan fingerprint density at radius 1 is 1.18 bits per heavy atom. The second-order valence-electron chi connectivity index (χ2n) is 5.62. The van der Waals surface area contributed by atoms with Crippen LogP contribution >= 0.6 is 0 Å². The maximum Gasteiger partial charge on any atom is 0.434 e. The number of amides is 1. The van der Waals surface area contributed by atoms with Crippen molar-refractivity contribution in [1.82, 2.24) is 20.0 Å². The highest BCUT2D eigenvalue weighted by Crippen LogP contribution is 2.34. The van der Waals surface area contributed by atoms with E-state index in [2.05, 4.69) is 20.6 Å². The molecular formula is C17H13F4N5O2. The number of nitrogens with zero attached hydrogens (tertiary/aromatic N) is 4. The van der Waals surface area contributed by atoms with E-state index in [0.29, 0.717) is 4.68 Å². The molecule has 1 amide bonds. The summed E-state index contributed by atoms with van der Waals surface area (Å²) in [6.07, 6.45) is -4.15. The zero-order valence-electron chi connectivity index (χ0n) is 14.6. The number of hydrogen-bond donors (Lipinski definition) is 1. The van der Waals surface area contributed by atoms with E-state index in [1.807, 2.05) is 0 Å². The minimum Gasteiger partial charge on any atom is -0.480 e. The van der Waals surface area contributed by atoms with Gasteiger partial charge in [-0.15, -0.1) is 10.2 Å². The highest BCUT2D eigenvalue weighted by atomic mass is 19.4. The van der Waals surface area contributed by atoms with E-state index < -0.39 is 29.2 Å². The third kappa shape index (κ3) is 3.63. The molecule has 3 rings (SSSR count). The summed E-state index contributed by atoms with van der Waals surface area (Å²) in [4.78, 5) is 12.4. The van der Waals surface area contributed by atoms with Gasteiger partial charge in [-0.1, -0.05) is 6.07 Å². The lowest BCUT2D eigenvalue weighted by molar-refractivity contribution is -0.143. The Balaban J connectivity index is 2.02. The summed E-state index contributed by atoms with van der Waals surface area (Å²) in [5, 5.41) is 13.1. The maximum atomic E-state index is 13.6. The predicted octanol–water partition coefficient (Wildman–Crippen LogP) is 3.39. The molecule has 0 bridgehead atoms. The smallest absolute Gasteiger partial charge is 0.434 e. The second kappa shape index (κ2) is 7.25. The summed E-state index contributed by atoms with van der Waals surface area (Å²) in [5.41, 5.74) is -1.93. The first kappa shape index (κ1) is 19.3. The molecular weight excluding hydrogens is 382 g/mol. The van der Waals surface area contributed by atoms with Crippen LogP contribution in [-0.2, 0) is 6.18 Å². The molecule has 0 saturated heterocycles. The highest BCUT2D eigenvalue weighted by molar-refractivity contribution is 6.05. The molecule has 0 saturated carbocycles. The van der Waals surface area contributed by atoms with Gasteiger partial charge in [0.2, 0.25) is 5.88 Å². The Kier molecular flexibility index (Phi) is 4.99. The van der Waals surface area contributed by atoms with Crippen molar-refractivity contribution >= 4 is 11.6 Å². The molecule has 146 valence electrons. The van der Waals surface area contributed by atoms with Crippen LogP contribution in [0.25, 0.3) is 5.82 Å². The first-order chi connectivity index (χ1) is 13.2. The molecule has 1 N–H and O–H groups in total. The van der Waals surface area contributed by atoms with Crippen LogP contribution in [0, 0.1) is 12.7 Å². The fourth-order valence-corrected chi connectivity index (χ4v) is 2.43. The van der Waals surface area contributed by atoms with Crippen molar-refractivity contribution in [2.75, 3.05) is 12.4 Å². The minimum absolute atomic E-state index is 0.0510. The minimum atomic E-state index is -4.91. The fourth-order valence-electron chi connectivity index (χ4n) is 2.43. The molecule has 7 nitrogen and oxygen atoms in total. The van der Waals surface area contributed by atoms with E-state index in [4.69, 9.17) is 4.74 Å². The molecule has 0 unspecified atom stereocenters. The van der Waals surface area contributed by atoms with E-state index in [-0.39, 0.29) is 22.9 Å². The van der Waals surface area contributed by atoms with Crippen molar-refractivity contribution in [3.63, 3.8) is 0 Å². The van der Waals surface area contributed by atoms with Gasteiger partial charge in [-0.2, -0.15) is 18.3 Å². The van der Waals surface area contributed by atoms with Gasteiger partial charge in [-0.25, -0.2) is 9.07 Å². The van der Waals surface area contributed by atoms with Gasteiger partial charge in [-0.3, -0.25) is 4.79 Å². The lowest BCUT2D eigenvalue weighted by Crippen LogP contribution is -2.21. The predicted molar refractivity (Wildman–Crippen MR) is 89.8 cm³/mol. The average Bonchev–Trinajstić information content (AvgIpc) is 3.11. The van der Waals surface area contributed by atoms with Gasteiger partial charge in [0, 0.05) is 17.3 Å². The molecule has 1 aromatic carbocycles. The number of nitrogens with one attached hydrogen (secondary N) is 1. The normalized spacial score (nSPS) is 11.4. The second-order valence-corrected chi connectivity index (χ2v) is 5.62. The molecule has 0 spiro atoms. The van der Waals surface area contributed by atoms with Gasteiger partial charge < -0.3 is 10.1 Å². The molecule has 0 radical (unpaired) electrons. The first-order valence-electron chi connectivity index (χ1n) is 7.82. The van der Waals surface area contributed by atoms with E-state index in [1.54, 1.807) is 0 Å². The topological polar surface area (TPSA) is 81.9 Å². The number of alkyl halides is 3. The van der Waals surface area contributed by atoms with E-state index in [9.17, 15) is 22.4 Å². The van der Waals surface area contributed by atoms with Gasteiger partial charge in [0.1, 0.15) is 5.82 Å². The van der Waals surface area contributed by atoms with Crippen LogP contribution in [0.5, 0.6) is 5.88 Å². The number of anilines is 1. The average molecular weight is 395 g/mol. The monoisotopic (exact) mass is 395 g/mol. The zero-order chi connectivity index (χ0) is 20.5. The molecule has 28 heavy (non-hydrogen) atoms. The molecule has 0 atom stereocenters. The number of carbonyl (C=O) groups is 1. The van der Waals surface area contributed by atoms with Gasteiger partial charge in [0.05, 0.1) is 18.9 Å². The van der Waals surface area contributed by atoms with Crippen LogP contribution in [0.2, 0.25) is 0 Å². The van der Waals surface area contributed by atoms with Crippen molar-refractivity contribution in [2.24, 2.45) is 0 Å². The third-order valence-electron chi connectivity index (χ3n) is 3.85. The van der Waals surface area contributed by atoms with Crippen molar-refractivity contribution in [1.29, 1.82) is 0 Å². The van der Waals surface area contributed by atoms with Crippen LogP contribution in [0.1, 0.15) is 21.6 Å². The Morgan fingerprint density at radius 3 is 2.54 bits per heavy atom. The number of ether oxygens (including phenoxy) is 1. The van der Waals surface area contributed by atoms with Crippen LogP contribution in [0.15, 0.2) is 36.5 Å². The Labute approximate surface area is 156 Å². The van der Waals surface area contributed by atoms with E-state index in [0.717, 1.165) is 6.20 Å². The largest absolute Gasteiger partial charge is 0.480 e. The number of benzene rings is 1. The summed E-state index contributed by atoms with van der Waals surface area (Å²) in [7, 11) is 1.33. The van der Waals surface area contributed by atoms with E-state index in [1.165, 1.54) is 44.4 Å². The lowest BCUT2D eigenvalue weighted by atomic mass is 10.1. The molecule has 3 aromatic rings. The molecule has 0 aliphatic heterocycles. The molecule has 2 aromatic heterocycles. The molecule has 0 aliphatic rings. The molecule has 11 heteroatoms. The van der Waals surface area contributed by atoms with Crippen LogP contribution < -0.4 is 10.1 Å². The number of methoxy groups -OCH3 is 1. The molecule has 0 aliphatic carbocycles. The fraction of sp³-hybridized carbons (Fsp3) is 0.176. The summed E-state index contributed by atoms with van der Waals surface area (Å²) in [6.45, 7) is 1.39. The summed E-state index contributed by atoms with van der Waals surface area (Å²) >= 11 is 0. The standard InChI is InChI=1S/C17H13F4N5O2/c1-9-11(18)4-3-5-12(9)23-16(27)10-8-22-26(15(10)17(19,20)21)13-6-7-14(28-2)25-24-13/h3-8H,1-2H3,(H,23,27). The number of hydrogen-bond acceptors (Lipinski definition) is 5. The summed E-state index contributed by atoms with van der Waals surface area (Å²) < 4.78 is 59.8. The number of carbonyl (C=O) groups excluding carboxylic acids is 1. The number of aromatic nitrogens is 4. The Hall–Kier alpha value is -3.50. The lowest BCUT2D eigenvalue weighted by Gasteiger charge is -2.13. The van der Waals surface area contributed by atoms with Crippen molar-refractivity contribution < 1.29 is 27.1 Å².